The summed E-state index contributed by atoms with van der Waals surface area (Å²) in [6.45, 7) is 8.48. The molecule has 3 heteroatoms. The Morgan fingerprint density at radius 3 is 2.65 bits per heavy atom. The van der Waals surface area contributed by atoms with Crippen LogP contribution in [0.2, 0.25) is 0 Å². The van der Waals surface area contributed by atoms with Gasteiger partial charge in [0.1, 0.15) is 5.75 Å². The Bertz CT molecular complexity index is 388. The lowest BCUT2D eigenvalue weighted by molar-refractivity contribution is -0.128. The number of carbonyl (C=O) groups excluding carboxylic acids is 1. The molecule has 0 aliphatic rings. The molecule has 0 saturated carbocycles. The fourth-order valence-corrected chi connectivity index (χ4v) is 1.60. The summed E-state index contributed by atoms with van der Waals surface area (Å²) < 4.78 is 5.78. The number of nitrogens with one attached hydrogen (secondary N) is 1. The van der Waals surface area contributed by atoms with Crippen LogP contribution in [0.15, 0.2) is 18.2 Å². The van der Waals surface area contributed by atoms with E-state index < -0.39 is 6.10 Å². The summed E-state index contributed by atoms with van der Waals surface area (Å²) in [4.78, 5) is 11.7. The first-order valence-electron chi connectivity index (χ1n) is 6.10. The second-order valence-electron chi connectivity index (χ2n) is 4.18. The lowest BCUT2D eigenvalue weighted by Gasteiger charge is -2.18. The van der Waals surface area contributed by atoms with Gasteiger partial charge in [-0.15, -0.1) is 0 Å². The molecule has 1 atom stereocenters. The Kier molecular flexibility index (Phi) is 5.01. The zero-order valence-corrected chi connectivity index (χ0v) is 11.0. The van der Waals surface area contributed by atoms with Gasteiger partial charge in [0, 0.05) is 6.54 Å². The second-order valence-corrected chi connectivity index (χ2v) is 4.18. The van der Waals surface area contributed by atoms with Gasteiger partial charge in [0.25, 0.3) is 5.91 Å². The molecule has 0 aliphatic carbocycles. The van der Waals surface area contributed by atoms with Crippen molar-refractivity contribution in [3.63, 3.8) is 0 Å². The monoisotopic (exact) mass is 235 g/mol. The molecule has 0 saturated heterocycles. The molecule has 0 unspecified atom stereocenters. The molecule has 0 aliphatic heterocycles. The molecule has 1 aromatic carbocycles. The fourth-order valence-electron chi connectivity index (χ4n) is 1.60. The van der Waals surface area contributed by atoms with E-state index in [9.17, 15) is 4.79 Å². The molecule has 0 aromatic heterocycles. The zero-order valence-electron chi connectivity index (χ0n) is 11.0. The number of benzene rings is 1. The molecule has 0 heterocycles. The molecule has 3 nitrogen and oxygen atoms in total. The maximum absolute atomic E-state index is 11.7. The summed E-state index contributed by atoms with van der Waals surface area (Å²) in [6.07, 6.45) is 0.259. The maximum atomic E-state index is 11.7. The summed E-state index contributed by atoms with van der Waals surface area (Å²) in [5.41, 5.74) is 2.19. The molecule has 0 bridgehead atoms. The molecular weight excluding hydrogens is 214 g/mol. The minimum absolute atomic E-state index is 0.0455. The van der Waals surface area contributed by atoms with Crippen molar-refractivity contribution in [1.82, 2.24) is 5.32 Å². The minimum Gasteiger partial charge on any atom is -0.480 e. The van der Waals surface area contributed by atoms with E-state index >= 15 is 0 Å². The van der Waals surface area contributed by atoms with E-state index in [4.69, 9.17) is 4.74 Å². The third kappa shape index (κ3) is 3.77. The number of hydrogen-bond donors (Lipinski definition) is 1. The summed E-state index contributed by atoms with van der Waals surface area (Å²) in [7, 11) is 0. The molecule has 0 fully saturated rings. The largest absolute Gasteiger partial charge is 0.480 e. The van der Waals surface area contributed by atoms with Crippen molar-refractivity contribution in [1.29, 1.82) is 0 Å². The summed E-state index contributed by atoms with van der Waals surface area (Å²) in [6, 6.07) is 6.02. The number of ether oxygens (including phenoxy) is 1. The highest BCUT2D eigenvalue weighted by Gasteiger charge is 2.18. The number of likely N-dealkylation sites (N-methyl/N-ethyl adjacent to an activating group) is 1. The van der Waals surface area contributed by atoms with Gasteiger partial charge in [0.05, 0.1) is 0 Å². The van der Waals surface area contributed by atoms with Crippen molar-refractivity contribution < 1.29 is 9.53 Å². The molecule has 17 heavy (non-hydrogen) atoms. The number of aryl methyl sites for hydroxylation is 2. The van der Waals surface area contributed by atoms with E-state index in [1.165, 1.54) is 0 Å². The van der Waals surface area contributed by atoms with Gasteiger partial charge in [-0.2, -0.15) is 0 Å². The first kappa shape index (κ1) is 13.6. The van der Waals surface area contributed by atoms with E-state index in [1.54, 1.807) is 0 Å². The van der Waals surface area contributed by atoms with Crippen LogP contribution >= 0.6 is 0 Å². The maximum Gasteiger partial charge on any atom is 0.261 e. The van der Waals surface area contributed by atoms with Gasteiger partial charge in [0.2, 0.25) is 0 Å². The lowest BCUT2D eigenvalue weighted by Crippen LogP contribution is -2.37. The summed E-state index contributed by atoms with van der Waals surface area (Å²) >= 11 is 0. The van der Waals surface area contributed by atoms with Gasteiger partial charge < -0.3 is 10.1 Å². The van der Waals surface area contributed by atoms with Gasteiger partial charge in [-0.05, 0) is 44.4 Å². The normalized spacial score (nSPS) is 12.0. The van der Waals surface area contributed by atoms with E-state index in [1.807, 2.05) is 45.9 Å². The predicted molar refractivity (Wildman–Crippen MR) is 69.3 cm³/mol. The molecule has 0 radical (unpaired) electrons. The highest BCUT2D eigenvalue weighted by Crippen LogP contribution is 2.21. The van der Waals surface area contributed by atoms with E-state index in [0.29, 0.717) is 13.0 Å². The van der Waals surface area contributed by atoms with Gasteiger partial charge in [0.15, 0.2) is 6.10 Å². The Hall–Kier alpha value is -1.51. The SMILES string of the molecule is CCNC(=O)[C@H](CC)Oc1cc(C)ccc1C. The van der Waals surface area contributed by atoms with Crippen LogP contribution in [0.25, 0.3) is 0 Å². The molecule has 1 N–H and O–H groups in total. The third-order valence-corrected chi connectivity index (χ3v) is 2.63. The fraction of sp³-hybridized carbons (Fsp3) is 0.500. The molecule has 1 amide bonds. The Balaban J connectivity index is 2.80. The number of carbonyl (C=O) groups is 1. The highest BCUT2D eigenvalue weighted by atomic mass is 16.5. The predicted octanol–water partition coefficient (Wildman–Crippen LogP) is 2.60. The van der Waals surface area contributed by atoms with Gasteiger partial charge in [-0.1, -0.05) is 19.1 Å². The number of hydrogen-bond acceptors (Lipinski definition) is 2. The van der Waals surface area contributed by atoms with Crippen molar-refractivity contribution >= 4 is 5.91 Å². The van der Waals surface area contributed by atoms with Gasteiger partial charge in [-0.3, -0.25) is 4.79 Å². The van der Waals surface area contributed by atoms with E-state index in [2.05, 4.69) is 5.32 Å². The molecule has 1 aromatic rings. The van der Waals surface area contributed by atoms with Crippen LogP contribution < -0.4 is 10.1 Å². The average Bonchev–Trinajstić information content (AvgIpc) is 2.30. The standard InChI is InChI=1S/C14H21NO2/c1-5-12(14(16)15-6-2)17-13-9-10(3)7-8-11(13)4/h7-9,12H,5-6H2,1-4H3,(H,15,16)/t12-/m0/s1. The number of amides is 1. The number of rotatable bonds is 5. The van der Waals surface area contributed by atoms with E-state index in [0.717, 1.165) is 16.9 Å². The first-order chi connectivity index (χ1) is 8.08. The molecule has 94 valence electrons. The molecule has 1 rings (SSSR count). The van der Waals surface area contributed by atoms with Gasteiger partial charge >= 0.3 is 0 Å². The summed E-state index contributed by atoms with van der Waals surface area (Å²) in [5.74, 6) is 0.749. The van der Waals surface area contributed by atoms with Crippen molar-refractivity contribution in [3.05, 3.63) is 29.3 Å². The highest BCUT2D eigenvalue weighted by molar-refractivity contribution is 5.81. The average molecular weight is 235 g/mol. The molecular formula is C14H21NO2. The van der Waals surface area contributed by atoms with Crippen LogP contribution in [0.1, 0.15) is 31.4 Å². The molecule has 0 spiro atoms. The Morgan fingerprint density at radius 2 is 2.06 bits per heavy atom. The quantitative estimate of drug-likeness (QED) is 0.852. The zero-order chi connectivity index (χ0) is 12.8. The van der Waals surface area contributed by atoms with Gasteiger partial charge in [-0.25, -0.2) is 0 Å². The van der Waals surface area contributed by atoms with Crippen LogP contribution in [0.5, 0.6) is 5.75 Å². The second kappa shape index (κ2) is 6.28. The lowest BCUT2D eigenvalue weighted by atomic mass is 10.1. The smallest absolute Gasteiger partial charge is 0.261 e. The van der Waals surface area contributed by atoms with Crippen molar-refractivity contribution in [2.45, 2.75) is 40.2 Å². The van der Waals surface area contributed by atoms with Crippen LogP contribution in [0, 0.1) is 13.8 Å². The Labute approximate surface area is 103 Å². The minimum atomic E-state index is -0.407. The summed E-state index contributed by atoms with van der Waals surface area (Å²) in [5, 5.41) is 2.79. The van der Waals surface area contributed by atoms with Crippen LogP contribution in [0.4, 0.5) is 0 Å². The van der Waals surface area contributed by atoms with Crippen LogP contribution in [-0.2, 0) is 4.79 Å². The topological polar surface area (TPSA) is 38.3 Å². The van der Waals surface area contributed by atoms with Crippen LogP contribution in [0.3, 0.4) is 0 Å². The van der Waals surface area contributed by atoms with E-state index in [-0.39, 0.29) is 5.91 Å². The van der Waals surface area contributed by atoms with Crippen molar-refractivity contribution in [3.8, 4) is 5.75 Å². The first-order valence-corrected chi connectivity index (χ1v) is 6.10. The van der Waals surface area contributed by atoms with Crippen molar-refractivity contribution in [2.24, 2.45) is 0 Å². The third-order valence-electron chi connectivity index (χ3n) is 2.63. The van der Waals surface area contributed by atoms with Crippen molar-refractivity contribution in [2.75, 3.05) is 6.54 Å². The Morgan fingerprint density at radius 1 is 1.35 bits per heavy atom. The van der Waals surface area contributed by atoms with Crippen LogP contribution in [-0.4, -0.2) is 18.6 Å².